The highest BCUT2D eigenvalue weighted by Gasteiger charge is 2.12. The number of pyridine rings is 2. The first-order valence-corrected chi connectivity index (χ1v) is 6.57. The fraction of sp³-hybridized carbons (Fsp3) is 0.375. The predicted molar refractivity (Wildman–Crippen MR) is 78.9 cm³/mol. The third-order valence-corrected chi connectivity index (χ3v) is 2.83. The largest absolute Gasteiger partial charge is 0.397 e. The van der Waals surface area contributed by atoms with Gasteiger partial charge in [-0.05, 0) is 41.7 Å². The Morgan fingerprint density at radius 2 is 1.84 bits per heavy atom. The van der Waals surface area contributed by atoms with Crippen LogP contribution in [-0.2, 0) is 12.8 Å². The van der Waals surface area contributed by atoms with Crippen molar-refractivity contribution in [3.63, 3.8) is 0 Å². The molecule has 0 unspecified atom stereocenters. The van der Waals surface area contributed by atoms with Gasteiger partial charge in [0.05, 0.1) is 11.9 Å². The van der Waals surface area contributed by atoms with Crippen molar-refractivity contribution in [2.45, 2.75) is 33.6 Å². The second kappa shape index (κ2) is 5.39. The van der Waals surface area contributed by atoms with Gasteiger partial charge in [0.15, 0.2) is 0 Å². The minimum Gasteiger partial charge on any atom is -0.397 e. The van der Waals surface area contributed by atoms with E-state index in [-0.39, 0.29) is 5.41 Å². The summed E-state index contributed by atoms with van der Waals surface area (Å²) in [5, 5.41) is 0. The van der Waals surface area contributed by atoms with Gasteiger partial charge in [0, 0.05) is 24.0 Å². The molecule has 2 N–H and O–H groups in total. The van der Waals surface area contributed by atoms with Crippen molar-refractivity contribution < 1.29 is 0 Å². The summed E-state index contributed by atoms with van der Waals surface area (Å²) in [6.07, 6.45) is 5.39. The number of hydrogen-bond acceptors (Lipinski definition) is 3. The SMILES string of the molecule is CC(C)(C)Cc1cc(Cc2ccc(N)cn2)ccn1. The average molecular weight is 255 g/mol. The van der Waals surface area contributed by atoms with E-state index in [1.54, 1.807) is 6.20 Å². The van der Waals surface area contributed by atoms with E-state index in [4.69, 9.17) is 5.73 Å². The standard InChI is InChI=1S/C16H21N3/c1-16(2,3)10-15-9-12(6-7-18-15)8-14-5-4-13(17)11-19-14/h4-7,9,11H,8,10,17H2,1-3H3. The number of anilines is 1. The molecule has 0 amide bonds. The van der Waals surface area contributed by atoms with Crippen molar-refractivity contribution in [2.75, 3.05) is 5.73 Å². The molecule has 3 heteroatoms. The van der Waals surface area contributed by atoms with Crippen LogP contribution in [0.4, 0.5) is 5.69 Å². The van der Waals surface area contributed by atoms with Gasteiger partial charge in [-0.3, -0.25) is 9.97 Å². The predicted octanol–water partition coefficient (Wildman–Crippen LogP) is 3.24. The van der Waals surface area contributed by atoms with Crippen LogP contribution in [0.25, 0.3) is 0 Å². The smallest absolute Gasteiger partial charge is 0.0501 e. The Kier molecular flexibility index (Phi) is 3.84. The van der Waals surface area contributed by atoms with Gasteiger partial charge in [0.2, 0.25) is 0 Å². The summed E-state index contributed by atoms with van der Waals surface area (Å²) in [7, 11) is 0. The van der Waals surface area contributed by atoms with Crippen LogP contribution < -0.4 is 5.73 Å². The molecular formula is C16H21N3. The van der Waals surface area contributed by atoms with Crippen LogP contribution in [0.3, 0.4) is 0 Å². The molecule has 2 heterocycles. The lowest BCUT2D eigenvalue weighted by atomic mass is 9.90. The highest BCUT2D eigenvalue weighted by atomic mass is 14.7. The van der Waals surface area contributed by atoms with Gasteiger partial charge in [0.25, 0.3) is 0 Å². The van der Waals surface area contributed by atoms with Crippen molar-refractivity contribution >= 4 is 5.69 Å². The van der Waals surface area contributed by atoms with Crippen LogP contribution in [0.2, 0.25) is 0 Å². The van der Waals surface area contributed by atoms with Gasteiger partial charge in [-0.2, -0.15) is 0 Å². The normalized spacial score (nSPS) is 11.5. The summed E-state index contributed by atoms with van der Waals surface area (Å²) >= 11 is 0. The Labute approximate surface area is 114 Å². The fourth-order valence-corrected chi connectivity index (χ4v) is 2.03. The molecule has 2 rings (SSSR count). The fourth-order valence-electron chi connectivity index (χ4n) is 2.03. The molecule has 0 aliphatic heterocycles. The number of hydrogen-bond donors (Lipinski definition) is 1. The third-order valence-electron chi connectivity index (χ3n) is 2.83. The molecule has 100 valence electrons. The minimum atomic E-state index is 0.255. The van der Waals surface area contributed by atoms with Crippen molar-refractivity contribution in [3.05, 3.63) is 53.6 Å². The molecule has 0 aliphatic rings. The third kappa shape index (κ3) is 4.36. The average Bonchev–Trinajstić information content (AvgIpc) is 2.30. The van der Waals surface area contributed by atoms with Crippen LogP contribution in [0.1, 0.15) is 37.7 Å². The molecule has 0 aliphatic carbocycles. The summed E-state index contributed by atoms with van der Waals surface area (Å²) in [6, 6.07) is 8.08. The summed E-state index contributed by atoms with van der Waals surface area (Å²) in [5.74, 6) is 0. The molecule has 2 aromatic heterocycles. The van der Waals surface area contributed by atoms with Gasteiger partial charge in [-0.25, -0.2) is 0 Å². The lowest BCUT2D eigenvalue weighted by Gasteiger charge is -2.17. The van der Waals surface area contributed by atoms with E-state index in [9.17, 15) is 0 Å². The van der Waals surface area contributed by atoms with E-state index in [2.05, 4.69) is 36.8 Å². The zero-order valence-electron chi connectivity index (χ0n) is 11.9. The van der Waals surface area contributed by atoms with E-state index < -0.39 is 0 Å². The number of nitrogen functional groups attached to an aromatic ring is 1. The number of nitrogens with two attached hydrogens (primary N) is 1. The highest BCUT2D eigenvalue weighted by molar-refractivity contribution is 5.35. The van der Waals surface area contributed by atoms with Crippen LogP contribution in [0, 0.1) is 5.41 Å². The van der Waals surface area contributed by atoms with E-state index in [1.165, 1.54) is 5.56 Å². The maximum absolute atomic E-state index is 5.64. The van der Waals surface area contributed by atoms with E-state index in [0.717, 1.165) is 24.2 Å². The second-order valence-corrected chi connectivity index (χ2v) is 6.15. The minimum absolute atomic E-state index is 0.255. The van der Waals surface area contributed by atoms with Crippen molar-refractivity contribution in [2.24, 2.45) is 5.41 Å². The quantitative estimate of drug-likeness (QED) is 0.916. The molecule has 0 spiro atoms. The van der Waals surface area contributed by atoms with Crippen LogP contribution in [0.15, 0.2) is 36.7 Å². The summed E-state index contributed by atoms with van der Waals surface area (Å²) in [6.45, 7) is 6.68. The van der Waals surface area contributed by atoms with Crippen molar-refractivity contribution in [1.29, 1.82) is 0 Å². The topological polar surface area (TPSA) is 51.8 Å². The van der Waals surface area contributed by atoms with Crippen molar-refractivity contribution in [1.82, 2.24) is 9.97 Å². The second-order valence-electron chi connectivity index (χ2n) is 6.15. The van der Waals surface area contributed by atoms with Crippen LogP contribution in [-0.4, -0.2) is 9.97 Å². The first kappa shape index (κ1) is 13.5. The molecule has 0 saturated heterocycles. The van der Waals surface area contributed by atoms with Gasteiger partial charge in [-0.1, -0.05) is 20.8 Å². The van der Waals surface area contributed by atoms with Crippen LogP contribution >= 0.6 is 0 Å². The summed E-state index contributed by atoms with van der Waals surface area (Å²) < 4.78 is 0. The molecule has 2 aromatic rings. The first-order chi connectivity index (χ1) is 8.92. The maximum atomic E-state index is 5.64. The highest BCUT2D eigenvalue weighted by Crippen LogP contribution is 2.20. The zero-order chi connectivity index (χ0) is 13.9. The van der Waals surface area contributed by atoms with Crippen molar-refractivity contribution in [3.8, 4) is 0 Å². The van der Waals surface area contributed by atoms with E-state index in [1.807, 2.05) is 24.4 Å². The van der Waals surface area contributed by atoms with Gasteiger partial charge >= 0.3 is 0 Å². The number of rotatable bonds is 3. The molecule has 3 nitrogen and oxygen atoms in total. The number of aromatic nitrogens is 2. The molecule has 0 atom stereocenters. The van der Waals surface area contributed by atoms with Crippen LogP contribution in [0.5, 0.6) is 0 Å². The Morgan fingerprint density at radius 1 is 1.05 bits per heavy atom. The van der Waals surface area contributed by atoms with E-state index >= 15 is 0 Å². The first-order valence-electron chi connectivity index (χ1n) is 6.57. The lowest BCUT2D eigenvalue weighted by Crippen LogP contribution is -2.10. The Bertz CT molecular complexity index is 539. The number of nitrogens with zero attached hydrogens (tertiary/aromatic N) is 2. The molecule has 0 aromatic carbocycles. The molecule has 0 radical (unpaired) electrons. The molecule has 0 saturated carbocycles. The summed E-state index contributed by atoms with van der Waals surface area (Å²) in [4.78, 5) is 8.77. The Hall–Kier alpha value is -1.90. The Balaban J connectivity index is 2.13. The lowest BCUT2D eigenvalue weighted by molar-refractivity contribution is 0.406. The molecule has 0 fully saturated rings. The molecule has 19 heavy (non-hydrogen) atoms. The van der Waals surface area contributed by atoms with E-state index in [0.29, 0.717) is 5.69 Å². The monoisotopic (exact) mass is 255 g/mol. The Morgan fingerprint density at radius 3 is 2.47 bits per heavy atom. The molecule has 0 bridgehead atoms. The van der Waals surface area contributed by atoms with Gasteiger partial charge < -0.3 is 5.73 Å². The zero-order valence-corrected chi connectivity index (χ0v) is 11.9. The van der Waals surface area contributed by atoms with Gasteiger partial charge in [-0.15, -0.1) is 0 Å². The summed E-state index contributed by atoms with van der Waals surface area (Å²) in [5.41, 5.74) is 10.0. The maximum Gasteiger partial charge on any atom is 0.0501 e. The van der Waals surface area contributed by atoms with Gasteiger partial charge in [0.1, 0.15) is 0 Å². The molecular weight excluding hydrogens is 234 g/mol.